The summed E-state index contributed by atoms with van der Waals surface area (Å²) in [5.41, 5.74) is -1.23. The topological polar surface area (TPSA) is 69.7 Å². The first kappa shape index (κ1) is 22.3. The zero-order valence-corrected chi connectivity index (χ0v) is 15.1. The van der Waals surface area contributed by atoms with Gasteiger partial charge >= 0.3 is 18.4 Å². The molecule has 2 fully saturated rings. The molecule has 28 heavy (non-hydrogen) atoms. The van der Waals surface area contributed by atoms with E-state index < -0.39 is 60.3 Å². The quantitative estimate of drug-likeness (QED) is 0.553. The van der Waals surface area contributed by atoms with Gasteiger partial charge in [0, 0.05) is 0 Å². The van der Waals surface area contributed by atoms with Gasteiger partial charge < -0.3 is 10.2 Å². The number of alkyl halides is 6. The average molecular weight is 417 g/mol. The molecule has 0 bridgehead atoms. The minimum Gasteiger partial charge on any atom is -0.323 e. The van der Waals surface area contributed by atoms with Gasteiger partial charge in [0.2, 0.25) is 5.91 Å². The van der Waals surface area contributed by atoms with Crippen LogP contribution in [0.4, 0.5) is 31.1 Å². The molecule has 1 aliphatic heterocycles. The largest absolute Gasteiger partial charge is 0.406 e. The first-order valence-corrected chi connectivity index (χ1v) is 8.82. The number of urea groups is 1. The van der Waals surface area contributed by atoms with Crippen LogP contribution in [0.15, 0.2) is 0 Å². The fraction of sp³-hybridized carbons (Fsp3) is 0.812. The Morgan fingerprint density at radius 1 is 1.11 bits per heavy atom. The summed E-state index contributed by atoms with van der Waals surface area (Å²) in [4.78, 5) is 36.8. The number of imide groups is 1. The first-order valence-electron chi connectivity index (χ1n) is 8.82. The molecule has 6 nitrogen and oxygen atoms in total. The molecule has 0 atom stereocenters. The highest BCUT2D eigenvalue weighted by Gasteiger charge is 2.53. The van der Waals surface area contributed by atoms with Gasteiger partial charge in [-0.15, -0.1) is 0 Å². The number of halogens is 6. The fourth-order valence-corrected chi connectivity index (χ4v) is 3.64. The van der Waals surface area contributed by atoms with Crippen molar-refractivity contribution >= 4 is 17.8 Å². The van der Waals surface area contributed by atoms with Crippen LogP contribution >= 0.6 is 0 Å². The summed E-state index contributed by atoms with van der Waals surface area (Å²) in [7, 11) is 0. The number of carbonyl (C=O) groups is 3. The standard InChI is InChI=1S/C16H21F6N3O3/c1-2-10-3-5-14(6-4-10)12(27)25(13(28)23-14)7-11(26)24(8-15(17,18)19)9-16(20,21)22/h10H,2-9H2,1H3,(H,23,28). The second-order valence-corrected chi connectivity index (χ2v) is 7.24. The number of nitrogens with zero attached hydrogens (tertiary/aromatic N) is 2. The van der Waals surface area contributed by atoms with Gasteiger partial charge in [-0.2, -0.15) is 26.3 Å². The van der Waals surface area contributed by atoms with Crippen LogP contribution in [-0.4, -0.2) is 65.2 Å². The molecule has 0 unspecified atom stereocenters. The van der Waals surface area contributed by atoms with Crippen molar-refractivity contribution in [2.24, 2.45) is 5.92 Å². The van der Waals surface area contributed by atoms with E-state index in [1.165, 1.54) is 0 Å². The molecule has 0 aromatic carbocycles. The molecule has 160 valence electrons. The van der Waals surface area contributed by atoms with E-state index in [0.29, 0.717) is 36.5 Å². The van der Waals surface area contributed by atoms with Gasteiger partial charge in [0.1, 0.15) is 25.2 Å². The summed E-state index contributed by atoms with van der Waals surface area (Å²) in [5, 5.41) is 2.48. The monoisotopic (exact) mass is 417 g/mol. The molecule has 2 aliphatic rings. The Kier molecular flexibility index (Phi) is 6.19. The number of carbonyl (C=O) groups excluding carboxylic acids is 3. The van der Waals surface area contributed by atoms with Crippen LogP contribution in [0.1, 0.15) is 39.0 Å². The van der Waals surface area contributed by atoms with Crippen molar-refractivity contribution in [2.45, 2.75) is 56.9 Å². The van der Waals surface area contributed by atoms with Crippen molar-refractivity contribution in [1.29, 1.82) is 0 Å². The molecule has 1 spiro atoms. The summed E-state index contributed by atoms with van der Waals surface area (Å²) in [6, 6.07) is -0.979. The molecule has 1 N–H and O–H groups in total. The smallest absolute Gasteiger partial charge is 0.323 e. The lowest BCUT2D eigenvalue weighted by Crippen LogP contribution is -2.51. The van der Waals surface area contributed by atoms with E-state index in [4.69, 9.17) is 0 Å². The van der Waals surface area contributed by atoms with Gasteiger partial charge in [0.15, 0.2) is 0 Å². The normalized spacial score (nSPS) is 26.0. The van der Waals surface area contributed by atoms with Gasteiger partial charge in [0.05, 0.1) is 0 Å². The van der Waals surface area contributed by atoms with Crippen LogP contribution in [0, 0.1) is 5.92 Å². The van der Waals surface area contributed by atoms with Crippen molar-refractivity contribution in [2.75, 3.05) is 19.6 Å². The molecule has 0 radical (unpaired) electrons. The molecule has 2 rings (SSSR count). The van der Waals surface area contributed by atoms with Gasteiger partial charge in [-0.3, -0.25) is 14.5 Å². The van der Waals surface area contributed by atoms with Crippen LogP contribution in [0.2, 0.25) is 0 Å². The van der Waals surface area contributed by atoms with Crippen molar-refractivity contribution < 1.29 is 40.7 Å². The summed E-state index contributed by atoms with van der Waals surface area (Å²) >= 11 is 0. The molecule has 1 heterocycles. The lowest BCUT2D eigenvalue weighted by molar-refractivity contribution is -0.188. The van der Waals surface area contributed by atoms with E-state index >= 15 is 0 Å². The highest BCUT2D eigenvalue weighted by Crippen LogP contribution is 2.37. The number of hydrogen-bond donors (Lipinski definition) is 1. The van der Waals surface area contributed by atoms with E-state index in [0.717, 1.165) is 6.42 Å². The van der Waals surface area contributed by atoms with Crippen LogP contribution in [-0.2, 0) is 9.59 Å². The van der Waals surface area contributed by atoms with Crippen LogP contribution in [0.5, 0.6) is 0 Å². The van der Waals surface area contributed by atoms with Crippen LogP contribution in [0.25, 0.3) is 0 Å². The molecule has 0 aromatic rings. The Morgan fingerprint density at radius 3 is 2.04 bits per heavy atom. The maximum absolute atomic E-state index is 12.6. The molecule has 1 saturated heterocycles. The first-order chi connectivity index (χ1) is 12.8. The van der Waals surface area contributed by atoms with Crippen LogP contribution < -0.4 is 5.32 Å². The van der Waals surface area contributed by atoms with Gasteiger partial charge in [-0.05, 0) is 31.6 Å². The number of nitrogens with one attached hydrogen (secondary N) is 1. The Balaban J connectivity index is 2.10. The van der Waals surface area contributed by atoms with Crippen molar-refractivity contribution in [3.63, 3.8) is 0 Å². The zero-order valence-electron chi connectivity index (χ0n) is 15.1. The SMILES string of the molecule is CCC1CCC2(CC1)NC(=O)N(CC(=O)N(CC(F)(F)F)CC(F)(F)F)C2=O. The Hall–Kier alpha value is -2.01. The zero-order chi connectivity index (χ0) is 21.3. The maximum Gasteiger partial charge on any atom is 0.406 e. The lowest BCUT2D eigenvalue weighted by atomic mass is 9.75. The predicted molar refractivity (Wildman–Crippen MR) is 83.9 cm³/mol. The Bertz CT molecular complexity index is 610. The maximum atomic E-state index is 12.6. The molecule has 1 aliphatic carbocycles. The van der Waals surface area contributed by atoms with E-state index in [2.05, 4.69) is 5.32 Å². The lowest BCUT2D eigenvalue weighted by Gasteiger charge is -2.34. The second-order valence-electron chi connectivity index (χ2n) is 7.24. The van der Waals surface area contributed by atoms with Gasteiger partial charge in [0.25, 0.3) is 5.91 Å². The minimum atomic E-state index is -5.06. The highest BCUT2D eigenvalue weighted by atomic mass is 19.4. The van der Waals surface area contributed by atoms with Crippen molar-refractivity contribution in [1.82, 2.24) is 15.1 Å². The second kappa shape index (κ2) is 7.78. The van der Waals surface area contributed by atoms with Crippen LogP contribution in [0.3, 0.4) is 0 Å². The molecule has 0 aromatic heterocycles. The van der Waals surface area contributed by atoms with Gasteiger partial charge in [-0.1, -0.05) is 13.3 Å². The van der Waals surface area contributed by atoms with Crippen molar-refractivity contribution in [3.8, 4) is 0 Å². The Morgan fingerprint density at radius 2 is 1.61 bits per heavy atom. The average Bonchev–Trinajstić information content (AvgIpc) is 2.77. The van der Waals surface area contributed by atoms with Gasteiger partial charge in [-0.25, -0.2) is 4.79 Å². The summed E-state index contributed by atoms with van der Waals surface area (Å²) < 4.78 is 75.3. The number of hydrogen-bond acceptors (Lipinski definition) is 3. The van der Waals surface area contributed by atoms with Crippen molar-refractivity contribution in [3.05, 3.63) is 0 Å². The van der Waals surface area contributed by atoms with E-state index in [1.807, 2.05) is 6.92 Å². The molecule has 1 saturated carbocycles. The highest BCUT2D eigenvalue weighted by molar-refractivity contribution is 6.09. The molecule has 12 heteroatoms. The molecular formula is C16H21F6N3O3. The molecular weight excluding hydrogens is 396 g/mol. The summed E-state index contributed by atoms with van der Waals surface area (Å²) in [6.45, 7) is -3.44. The third-order valence-corrected chi connectivity index (χ3v) is 5.17. The minimum absolute atomic E-state index is 0.315. The summed E-state index contributed by atoms with van der Waals surface area (Å²) in [5.74, 6) is -2.00. The summed E-state index contributed by atoms with van der Waals surface area (Å²) in [6.07, 6.45) is -7.29. The third kappa shape index (κ3) is 5.28. The number of rotatable bonds is 5. The number of amides is 4. The third-order valence-electron chi connectivity index (χ3n) is 5.17. The Labute approximate surface area is 157 Å². The van der Waals surface area contributed by atoms with E-state index in [-0.39, 0.29) is 0 Å². The predicted octanol–water partition coefficient (Wildman–Crippen LogP) is 2.83. The van der Waals surface area contributed by atoms with E-state index in [1.54, 1.807) is 0 Å². The van der Waals surface area contributed by atoms with E-state index in [9.17, 15) is 40.7 Å². The fourth-order valence-electron chi connectivity index (χ4n) is 3.64. The molecule has 4 amide bonds.